The minimum atomic E-state index is -0.218. The monoisotopic (exact) mass is 202 g/mol. The van der Waals surface area contributed by atoms with E-state index in [1.807, 2.05) is 13.0 Å². The Morgan fingerprint density at radius 1 is 1.33 bits per heavy atom. The van der Waals surface area contributed by atoms with Crippen LogP contribution in [0.3, 0.4) is 0 Å². The van der Waals surface area contributed by atoms with Gasteiger partial charge in [-0.1, -0.05) is 19.1 Å². The molecule has 4 heteroatoms. The lowest BCUT2D eigenvalue weighted by Crippen LogP contribution is -1.92. The number of isocyanates is 2. The molecule has 0 aromatic heterocycles. The molecule has 0 spiro atoms. The summed E-state index contributed by atoms with van der Waals surface area (Å²) in [4.78, 5) is 27.4. The van der Waals surface area contributed by atoms with Gasteiger partial charge in [0.15, 0.2) is 0 Å². The predicted molar refractivity (Wildman–Crippen MR) is 55.4 cm³/mol. The van der Waals surface area contributed by atoms with Gasteiger partial charge in [-0.15, -0.1) is 0 Å². The first-order valence-electron chi connectivity index (χ1n) is 4.56. The zero-order chi connectivity index (χ0) is 11.1. The Kier molecular flexibility index (Phi) is 4.17. The average Bonchev–Trinajstić information content (AvgIpc) is 2.27. The van der Waals surface area contributed by atoms with Crippen LogP contribution in [-0.4, -0.2) is 12.2 Å². The van der Waals surface area contributed by atoms with Crippen molar-refractivity contribution in [2.75, 3.05) is 0 Å². The van der Waals surface area contributed by atoms with Crippen molar-refractivity contribution < 1.29 is 9.59 Å². The van der Waals surface area contributed by atoms with Gasteiger partial charge in [0.1, 0.15) is 0 Å². The Hall–Kier alpha value is -2.02. The van der Waals surface area contributed by atoms with Gasteiger partial charge in [-0.05, 0) is 24.1 Å². The van der Waals surface area contributed by atoms with Crippen molar-refractivity contribution in [3.05, 3.63) is 29.8 Å². The Labute approximate surface area is 87.4 Å². The smallest absolute Gasteiger partial charge is 0.211 e. The SMILES string of the molecule is CCC(N=C=O)c1cccc(N=C=O)c1. The molecular weight excluding hydrogens is 192 g/mol. The predicted octanol–water partition coefficient (Wildman–Crippen LogP) is 2.44. The van der Waals surface area contributed by atoms with Crippen LogP contribution in [0.1, 0.15) is 24.9 Å². The number of rotatable bonds is 4. The molecule has 1 rings (SSSR count). The van der Waals surface area contributed by atoms with E-state index in [0.29, 0.717) is 12.1 Å². The van der Waals surface area contributed by atoms with Gasteiger partial charge < -0.3 is 0 Å². The van der Waals surface area contributed by atoms with E-state index in [1.54, 1.807) is 18.2 Å². The molecule has 1 aromatic rings. The van der Waals surface area contributed by atoms with Crippen LogP contribution in [-0.2, 0) is 9.59 Å². The van der Waals surface area contributed by atoms with Gasteiger partial charge in [0.2, 0.25) is 12.2 Å². The van der Waals surface area contributed by atoms with Crippen LogP contribution in [0.25, 0.3) is 0 Å². The number of carbonyl (C=O) groups excluding carboxylic acids is 2. The highest BCUT2D eigenvalue weighted by Gasteiger charge is 2.07. The molecule has 15 heavy (non-hydrogen) atoms. The fourth-order valence-corrected chi connectivity index (χ4v) is 1.32. The molecule has 0 aliphatic rings. The van der Waals surface area contributed by atoms with Crippen LogP contribution < -0.4 is 0 Å². The second-order valence-corrected chi connectivity index (χ2v) is 2.94. The summed E-state index contributed by atoms with van der Waals surface area (Å²) in [6, 6.07) is 6.77. The summed E-state index contributed by atoms with van der Waals surface area (Å²) in [7, 11) is 0. The highest BCUT2D eigenvalue weighted by atomic mass is 16.1. The van der Waals surface area contributed by atoms with Gasteiger partial charge in [-0.25, -0.2) is 9.59 Å². The third-order valence-corrected chi connectivity index (χ3v) is 2.02. The number of nitrogens with zero attached hydrogens (tertiary/aromatic N) is 2. The normalized spacial score (nSPS) is 11.0. The van der Waals surface area contributed by atoms with Crippen LogP contribution in [0.4, 0.5) is 5.69 Å². The summed E-state index contributed by atoms with van der Waals surface area (Å²) in [6.45, 7) is 1.92. The number of aliphatic imine (C=N–C) groups is 2. The van der Waals surface area contributed by atoms with Gasteiger partial charge in [-0.2, -0.15) is 9.98 Å². The summed E-state index contributed by atoms with van der Waals surface area (Å²) in [5.41, 5.74) is 1.36. The molecular formula is C11H10N2O2. The van der Waals surface area contributed by atoms with E-state index in [0.717, 1.165) is 5.56 Å². The fraction of sp³-hybridized carbons (Fsp3) is 0.273. The molecule has 0 radical (unpaired) electrons. The Morgan fingerprint density at radius 3 is 2.73 bits per heavy atom. The van der Waals surface area contributed by atoms with Gasteiger partial charge in [0, 0.05) is 0 Å². The number of hydrogen-bond donors (Lipinski definition) is 0. The van der Waals surface area contributed by atoms with Crippen molar-refractivity contribution in [1.82, 2.24) is 0 Å². The second-order valence-electron chi connectivity index (χ2n) is 2.94. The van der Waals surface area contributed by atoms with Crippen molar-refractivity contribution in [3.8, 4) is 0 Å². The van der Waals surface area contributed by atoms with Gasteiger partial charge in [0.25, 0.3) is 0 Å². The minimum Gasteiger partial charge on any atom is -0.211 e. The molecule has 0 heterocycles. The number of benzene rings is 1. The van der Waals surface area contributed by atoms with Crippen LogP contribution in [0.5, 0.6) is 0 Å². The number of hydrogen-bond acceptors (Lipinski definition) is 4. The molecule has 0 saturated heterocycles. The van der Waals surface area contributed by atoms with Crippen molar-refractivity contribution >= 4 is 17.8 Å². The molecule has 0 aliphatic heterocycles. The third kappa shape index (κ3) is 2.99. The molecule has 4 nitrogen and oxygen atoms in total. The lowest BCUT2D eigenvalue weighted by atomic mass is 10.0. The van der Waals surface area contributed by atoms with Gasteiger partial charge >= 0.3 is 0 Å². The fourth-order valence-electron chi connectivity index (χ4n) is 1.32. The maximum Gasteiger partial charge on any atom is 0.240 e. The second kappa shape index (κ2) is 5.66. The molecule has 1 unspecified atom stereocenters. The summed E-state index contributed by atoms with van der Waals surface area (Å²) >= 11 is 0. The van der Waals surface area contributed by atoms with E-state index in [9.17, 15) is 9.59 Å². The van der Waals surface area contributed by atoms with Crippen LogP contribution in [0.2, 0.25) is 0 Å². The van der Waals surface area contributed by atoms with E-state index in [2.05, 4.69) is 9.98 Å². The van der Waals surface area contributed by atoms with Gasteiger partial charge in [0.05, 0.1) is 11.7 Å². The highest BCUT2D eigenvalue weighted by Crippen LogP contribution is 2.24. The van der Waals surface area contributed by atoms with E-state index in [-0.39, 0.29) is 6.04 Å². The summed E-state index contributed by atoms with van der Waals surface area (Å²) in [5.74, 6) is 0. The quantitative estimate of drug-likeness (QED) is 0.556. The molecule has 1 atom stereocenters. The van der Waals surface area contributed by atoms with E-state index in [1.165, 1.54) is 12.2 Å². The molecule has 0 aliphatic carbocycles. The van der Waals surface area contributed by atoms with E-state index >= 15 is 0 Å². The maximum atomic E-state index is 10.2. The van der Waals surface area contributed by atoms with E-state index < -0.39 is 0 Å². The standard InChI is InChI=1S/C11H10N2O2/c1-2-11(13-8-15)9-4-3-5-10(6-9)12-7-14/h3-6,11H,2H2,1H3. The van der Waals surface area contributed by atoms with Crippen molar-refractivity contribution in [1.29, 1.82) is 0 Å². The third-order valence-electron chi connectivity index (χ3n) is 2.02. The molecule has 1 aromatic carbocycles. The molecule has 0 saturated carbocycles. The Bertz CT molecular complexity index is 430. The van der Waals surface area contributed by atoms with E-state index in [4.69, 9.17) is 0 Å². The molecule has 0 fully saturated rings. The minimum absolute atomic E-state index is 0.218. The average molecular weight is 202 g/mol. The summed E-state index contributed by atoms with van der Waals surface area (Å²) in [5, 5.41) is 0. The zero-order valence-corrected chi connectivity index (χ0v) is 8.30. The lowest BCUT2D eigenvalue weighted by molar-refractivity contribution is 0.555. The first kappa shape index (κ1) is 11.1. The van der Waals surface area contributed by atoms with Crippen LogP contribution >= 0.6 is 0 Å². The highest BCUT2D eigenvalue weighted by molar-refractivity contribution is 5.50. The first-order valence-corrected chi connectivity index (χ1v) is 4.56. The van der Waals surface area contributed by atoms with Crippen molar-refractivity contribution in [2.24, 2.45) is 9.98 Å². The van der Waals surface area contributed by atoms with Crippen molar-refractivity contribution in [3.63, 3.8) is 0 Å². The van der Waals surface area contributed by atoms with Crippen molar-refractivity contribution in [2.45, 2.75) is 19.4 Å². The molecule has 0 amide bonds. The topological polar surface area (TPSA) is 58.9 Å². The van der Waals surface area contributed by atoms with Crippen LogP contribution in [0.15, 0.2) is 34.3 Å². The van der Waals surface area contributed by atoms with Gasteiger partial charge in [-0.3, -0.25) is 0 Å². The Balaban J connectivity index is 3.07. The van der Waals surface area contributed by atoms with Crippen LogP contribution in [0, 0.1) is 0 Å². The Morgan fingerprint density at radius 2 is 2.13 bits per heavy atom. The maximum absolute atomic E-state index is 10.2. The molecule has 0 N–H and O–H groups in total. The zero-order valence-electron chi connectivity index (χ0n) is 8.30. The largest absolute Gasteiger partial charge is 0.240 e. The first-order chi connectivity index (χ1) is 7.31. The molecule has 0 bridgehead atoms. The molecule has 76 valence electrons. The summed E-state index contributed by atoms with van der Waals surface area (Å²) < 4.78 is 0. The summed E-state index contributed by atoms with van der Waals surface area (Å²) in [6.07, 6.45) is 3.70. The lowest BCUT2D eigenvalue weighted by Gasteiger charge is -2.07.